The molecule has 0 saturated carbocycles. The van der Waals surface area contributed by atoms with Crippen LogP contribution in [0, 0.1) is 5.92 Å². The molecule has 0 aliphatic carbocycles. The molecule has 1 aliphatic rings. The number of carbonyl (C=O) groups is 6. The molecule has 40 heavy (non-hydrogen) atoms. The lowest BCUT2D eigenvalue weighted by molar-refractivity contribution is -0.149. The number of benzene rings is 2. The smallest absolute Gasteiger partial charge is 0.292 e. The molecule has 1 aliphatic heterocycles. The van der Waals surface area contributed by atoms with Crippen LogP contribution in [0.3, 0.4) is 0 Å². The van der Waals surface area contributed by atoms with Gasteiger partial charge in [-0.3, -0.25) is 28.8 Å². The van der Waals surface area contributed by atoms with Gasteiger partial charge in [-0.25, -0.2) is 0 Å². The van der Waals surface area contributed by atoms with E-state index in [1.165, 1.54) is 11.8 Å². The van der Waals surface area contributed by atoms with Crippen LogP contribution in [0.4, 0.5) is 11.4 Å². The van der Waals surface area contributed by atoms with E-state index >= 15 is 0 Å². The number of rotatable bonds is 12. The second-order valence-corrected chi connectivity index (χ2v) is 10.0. The van der Waals surface area contributed by atoms with Crippen LogP contribution in [-0.4, -0.2) is 65.4 Å². The number of ketones is 1. The number of anilines is 2. The van der Waals surface area contributed by atoms with Crippen LogP contribution >= 0.6 is 0 Å². The van der Waals surface area contributed by atoms with Crippen LogP contribution in [0.5, 0.6) is 0 Å². The van der Waals surface area contributed by atoms with Crippen LogP contribution in [0.25, 0.3) is 0 Å². The third kappa shape index (κ3) is 7.98. The van der Waals surface area contributed by atoms with Crippen molar-refractivity contribution in [1.29, 1.82) is 0 Å². The highest BCUT2D eigenvalue weighted by Crippen LogP contribution is 2.20. The fourth-order valence-corrected chi connectivity index (χ4v) is 4.59. The Kier molecular flexibility index (Phi) is 10.5. The number of nitrogens with zero attached hydrogens (tertiary/aromatic N) is 1. The Bertz CT molecular complexity index is 1230. The van der Waals surface area contributed by atoms with E-state index in [2.05, 4.69) is 21.3 Å². The van der Waals surface area contributed by atoms with Gasteiger partial charge in [0.25, 0.3) is 5.91 Å². The minimum Gasteiger partial charge on any atom is -0.346 e. The van der Waals surface area contributed by atoms with Crippen molar-refractivity contribution in [3.63, 3.8) is 0 Å². The van der Waals surface area contributed by atoms with Crippen molar-refractivity contribution >= 4 is 47.2 Å². The zero-order valence-electron chi connectivity index (χ0n) is 22.8. The molecule has 1 fully saturated rings. The second-order valence-electron chi connectivity index (χ2n) is 10.0. The third-order valence-corrected chi connectivity index (χ3v) is 6.63. The van der Waals surface area contributed by atoms with Gasteiger partial charge in [0.1, 0.15) is 12.1 Å². The summed E-state index contributed by atoms with van der Waals surface area (Å²) in [6, 6.07) is 12.8. The summed E-state index contributed by atoms with van der Waals surface area (Å²) in [6.45, 7) is 4.93. The summed E-state index contributed by atoms with van der Waals surface area (Å²) < 4.78 is 0. The number of nitrogens with one attached hydrogen (secondary N) is 4. The van der Waals surface area contributed by atoms with E-state index in [-0.39, 0.29) is 18.9 Å². The van der Waals surface area contributed by atoms with E-state index in [1.54, 1.807) is 38.1 Å². The Morgan fingerprint density at radius 2 is 1.60 bits per heavy atom. The van der Waals surface area contributed by atoms with E-state index in [4.69, 9.17) is 0 Å². The predicted molar refractivity (Wildman–Crippen MR) is 149 cm³/mol. The maximum atomic E-state index is 13.4. The SMILES string of the molecule is CC(=O)N[C@H](C(=O)C(=O)N1CCC[C@H]1C(=O)N[C@@H](Cc1ccccc1)C(=O)Nc1ccc(NC=O)cc1)C(C)C. The third-order valence-electron chi connectivity index (χ3n) is 6.63. The standard InChI is InChI=1S/C29H35N5O6/c1-18(2)25(31-19(3)36)26(37)29(40)34-15-7-10-24(34)28(39)33-23(16-20-8-5-4-6-9-20)27(38)32-22-13-11-21(12-14-22)30-17-35/h4-6,8-9,11-14,17-18,23-25H,7,10,15-16H2,1-3H3,(H,30,35)(H,31,36)(H,32,38)(H,33,39)/t23-,24-,25-/m0/s1. The van der Waals surface area contributed by atoms with Gasteiger partial charge in [-0.05, 0) is 48.6 Å². The maximum absolute atomic E-state index is 13.4. The van der Waals surface area contributed by atoms with Crippen molar-refractivity contribution < 1.29 is 28.8 Å². The Hall–Kier alpha value is -4.54. The Morgan fingerprint density at radius 1 is 0.950 bits per heavy atom. The van der Waals surface area contributed by atoms with Crippen molar-refractivity contribution in [3.8, 4) is 0 Å². The first-order chi connectivity index (χ1) is 19.1. The molecule has 4 N–H and O–H groups in total. The second kappa shape index (κ2) is 14.0. The van der Waals surface area contributed by atoms with Gasteiger partial charge in [0.05, 0.1) is 6.04 Å². The van der Waals surface area contributed by atoms with Gasteiger partial charge in [-0.1, -0.05) is 44.2 Å². The molecule has 0 aromatic heterocycles. The monoisotopic (exact) mass is 549 g/mol. The molecule has 3 rings (SSSR count). The van der Waals surface area contributed by atoms with Gasteiger partial charge < -0.3 is 26.2 Å². The van der Waals surface area contributed by atoms with Gasteiger partial charge >= 0.3 is 0 Å². The molecule has 212 valence electrons. The highest BCUT2D eigenvalue weighted by Gasteiger charge is 2.40. The average Bonchev–Trinajstić information content (AvgIpc) is 3.42. The van der Waals surface area contributed by atoms with E-state index < -0.39 is 47.5 Å². The maximum Gasteiger partial charge on any atom is 0.292 e. The Labute approximate surface area is 233 Å². The van der Waals surface area contributed by atoms with E-state index in [9.17, 15) is 28.8 Å². The number of hydrogen-bond donors (Lipinski definition) is 4. The lowest BCUT2D eigenvalue weighted by Crippen LogP contribution is -2.56. The molecular formula is C29H35N5O6. The summed E-state index contributed by atoms with van der Waals surface area (Å²) in [5.74, 6) is -3.38. The first kappa shape index (κ1) is 30.0. The molecule has 2 aromatic carbocycles. The lowest BCUT2D eigenvalue weighted by Gasteiger charge is -2.28. The highest BCUT2D eigenvalue weighted by atomic mass is 16.2. The summed E-state index contributed by atoms with van der Waals surface area (Å²) in [5, 5.41) is 10.6. The van der Waals surface area contributed by atoms with Crippen molar-refractivity contribution in [2.45, 2.75) is 58.2 Å². The van der Waals surface area contributed by atoms with Gasteiger partial charge in [0.15, 0.2) is 0 Å². The summed E-state index contributed by atoms with van der Waals surface area (Å²) in [4.78, 5) is 76.3. The van der Waals surface area contributed by atoms with E-state index in [0.717, 1.165) is 5.56 Å². The lowest BCUT2D eigenvalue weighted by atomic mass is 9.98. The minimum atomic E-state index is -1.00. The molecule has 5 amide bonds. The highest BCUT2D eigenvalue weighted by molar-refractivity contribution is 6.38. The zero-order chi connectivity index (χ0) is 29.2. The topological polar surface area (TPSA) is 154 Å². The number of carbonyl (C=O) groups excluding carboxylic acids is 6. The molecule has 0 unspecified atom stereocenters. The largest absolute Gasteiger partial charge is 0.346 e. The Morgan fingerprint density at radius 3 is 2.20 bits per heavy atom. The number of Topliss-reactive ketones (excluding diaryl/α,β-unsaturated/α-hetero) is 1. The molecule has 2 aromatic rings. The summed E-state index contributed by atoms with van der Waals surface area (Å²) in [7, 11) is 0. The average molecular weight is 550 g/mol. The first-order valence-corrected chi connectivity index (χ1v) is 13.2. The Balaban J connectivity index is 1.76. The van der Waals surface area contributed by atoms with Crippen LogP contribution in [-0.2, 0) is 35.2 Å². The van der Waals surface area contributed by atoms with Crippen molar-refractivity contribution in [2.24, 2.45) is 5.92 Å². The molecule has 3 atom stereocenters. The zero-order valence-corrected chi connectivity index (χ0v) is 22.8. The predicted octanol–water partition coefficient (Wildman–Crippen LogP) is 1.64. The van der Waals surface area contributed by atoms with Crippen molar-refractivity contribution in [2.75, 3.05) is 17.2 Å². The van der Waals surface area contributed by atoms with Crippen LogP contribution < -0.4 is 21.3 Å². The molecule has 1 heterocycles. The molecule has 11 heteroatoms. The fraction of sp³-hybridized carbons (Fsp3) is 0.379. The van der Waals surface area contributed by atoms with Crippen molar-refractivity contribution in [1.82, 2.24) is 15.5 Å². The van der Waals surface area contributed by atoms with Crippen molar-refractivity contribution in [3.05, 3.63) is 60.2 Å². The molecule has 0 spiro atoms. The first-order valence-electron chi connectivity index (χ1n) is 13.2. The van der Waals surface area contributed by atoms with Crippen LogP contribution in [0.15, 0.2) is 54.6 Å². The normalized spacial score (nSPS) is 16.0. The quantitative estimate of drug-likeness (QED) is 0.233. The number of hydrogen-bond acceptors (Lipinski definition) is 6. The summed E-state index contributed by atoms with van der Waals surface area (Å²) >= 11 is 0. The number of likely N-dealkylation sites (tertiary alicyclic amines) is 1. The molecular weight excluding hydrogens is 514 g/mol. The van der Waals surface area contributed by atoms with Gasteiger partial charge in [-0.15, -0.1) is 0 Å². The molecule has 0 radical (unpaired) electrons. The summed E-state index contributed by atoms with van der Waals surface area (Å²) in [6.07, 6.45) is 1.59. The van der Waals surface area contributed by atoms with Crippen LogP contribution in [0.2, 0.25) is 0 Å². The van der Waals surface area contributed by atoms with E-state index in [0.29, 0.717) is 30.6 Å². The van der Waals surface area contributed by atoms with Crippen LogP contribution in [0.1, 0.15) is 39.2 Å². The van der Waals surface area contributed by atoms with Gasteiger partial charge in [0.2, 0.25) is 29.9 Å². The molecule has 1 saturated heterocycles. The van der Waals surface area contributed by atoms with E-state index in [1.807, 2.05) is 30.3 Å². The molecule has 11 nitrogen and oxygen atoms in total. The summed E-state index contributed by atoms with van der Waals surface area (Å²) in [5.41, 5.74) is 1.84. The fourth-order valence-electron chi connectivity index (χ4n) is 4.59. The number of amides is 5. The van der Waals surface area contributed by atoms with Gasteiger partial charge in [-0.2, -0.15) is 0 Å². The minimum absolute atomic E-state index is 0.195. The molecule has 0 bridgehead atoms. The van der Waals surface area contributed by atoms with Gasteiger partial charge in [0, 0.05) is 31.3 Å².